The highest BCUT2D eigenvalue weighted by Crippen LogP contribution is 2.25. The third-order valence-electron chi connectivity index (χ3n) is 2.29. The third kappa shape index (κ3) is 3.25. The molecule has 1 aromatic heterocycles. The van der Waals surface area contributed by atoms with Crippen LogP contribution in [-0.2, 0) is 0 Å². The number of hydrogen-bond acceptors (Lipinski definition) is 5. The first-order valence-electron chi connectivity index (χ1n) is 5.61. The van der Waals surface area contributed by atoms with E-state index in [2.05, 4.69) is 22.2 Å². The van der Waals surface area contributed by atoms with E-state index >= 15 is 0 Å². The first-order chi connectivity index (χ1) is 7.69. The van der Waals surface area contributed by atoms with Gasteiger partial charge in [-0.05, 0) is 13.3 Å². The molecule has 0 spiro atoms. The van der Waals surface area contributed by atoms with Crippen LogP contribution in [0.5, 0.6) is 5.88 Å². The Morgan fingerprint density at radius 3 is 2.69 bits per heavy atom. The molecule has 0 amide bonds. The fourth-order valence-corrected chi connectivity index (χ4v) is 1.43. The smallest absolute Gasteiger partial charge is 0.242 e. The van der Waals surface area contributed by atoms with Gasteiger partial charge in [-0.3, -0.25) is 0 Å². The van der Waals surface area contributed by atoms with Crippen LogP contribution in [-0.4, -0.2) is 23.6 Å². The van der Waals surface area contributed by atoms with Crippen molar-refractivity contribution in [2.45, 2.75) is 33.1 Å². The molecular formula is C11H20N4O. The molecule has 0 radical (unpaired) electrons. The average Bonchev–Trinajstić information content (AvgIpc) is 2.28. The lowest BCUT2D eigenvalue weighted by atomic mass is 10.2. The number of nitrogens with two attached hydrogens (primary N) is 1. The van der Waals surface area contributed by atoms with Gasteiger partial charge in [-0.2, -0.15) is 4.98 Å². The summed E-state index contributed by atoms with van der Waals surface area (Å²) in [5.74, 6) is 1.76. The van der Waals surface area contributed by atoms with Crippen LogP contribution in [0.4, 0.5) is 11.5 Å². The third-order valence-corrected chi connectivity index (χ3v) is 2.29. The summed E-state index contributed by atoms with van der Waals surface area (Å²) in [6, 6.07) is 0. The van der Waals surface area contributed by atoms with Crippen molar-refractivity contribution in [1.82, 2.24) is 9.97 Å². The standard InChI is InChI=1S/C11H20N4O/c1-4-5-6-7-13-10-9(12)11(16-3)15-8(2)14-10/h4-7,12H2,1-3H3,(H,13,14,15). The molecule has 1 rings (SSSR count). The molecule has 5 heteroatoms. The lowest BCUT2D eigenvalue weighted by Gasteiger charge is -2.11. The summed E-state index contributed by atoms with van der Waals surface area (Å²) in [4.78, 5) is 8.35. The Morgan fingerprint density at radius 2 is 2.06 bits per heavy atom. The van der Waals surface area contributed by atoms with Crippen LogP contribution in [0, 0.1) is 6.92 Å². The van der Waals surface area contributed by atoms with Gasteiger partial charge in [0.15, 0.2) is 5.82 Å². The Hall–Kier alpha value is -1.52. The minimum Gasteiger partial charge on any atom is -0.479 e. The molecule has 0 atom stereocenters. The molecular weight excluding hydrogens is 204 g/mol. The van der Waals surface area contributed by atoms with E-state index in [1.807, 2.05) is 6.92 Å². The number of hydrogen-bond donors (Lipinski definition) is 2. The summed E-state index contributed by atoms with van der Waals surface area (Å²) in [6.07, 6.45) is 3.51. The topological polar surface area (TPSA) is 73.1 Å². The van der Waals surface area contributed by atoms with Gasteiger partial charge in [-0.15, -0.1) is 0 Å². The van der Waals surface area contributed by atoms with E-state index in [-0.39, 0.29) is 0 Å². The molecule has 0 unspecified atom stereocenters. The molecule has 90 valence electrons. The largest absolute Gasteiger partial charge is 0.479 e. The molecule has 0 saturated carbocycles. The Balaban J connectivity index is 2.67. The van der Waals surface area contributed by atoms with Gasteiger partial charge in [0.2, 0.25) is 5.88 Å². The lowest BCUT2D eigenvalue weighted by molar-refractivity contribution is 0.398. The molecule has 0 fully saturated rings. The number of methoxy groups -OCH3 is 1. The van der Waals surface area contributed by atoms with Gasteiger partial charge < -0.3 is 15.8 Å². The molecule has 16 heavy (non-hydrogen) atoms. The molecule has 0 aliphatic heterocycles. The Labute approximate surface area is 96.4 Å². The molecule has 0 aliphatic carbocycles. The van der Waals surface area contributed by atoms with E-state index < -0.39 is 0 Å². The maximum absolute atomic E-state index is 5.86. The highest BCUT2D eigenvalue weighted by atomic mass is 16.5. The number of rotatable bonds is 6. The van der Waals surface area contributed by atoms with Gasteiger partial charge in [0.25, 0.3) is 0 Å². The number of aromatic nitrogens is 2. The van der Waals surface area contributed by atoms with Gasteiger partial charge in [0.05, 0.1) is 7.11 Å². The maximum Gasteiger partial charge on any atom is 0.242 e. The zero-order valence-electron chi connectivity index (χ0n) is 10.2. The summed E-state index contributed by atoms with van der Waals surface area (Å²) in [5.41, 5.74) is 6.34. The van der Waals surface area contributed by atoms with Crippen LogP contribution in [0.15, 0.2) is 0 Å². The second kappa shape index (κ2) is 6.15. The number of nitrogens with one attached hydrogen (secondary N) is 1. The van der Waals surface area contributed by atoms with Gasteiger partial charge in [0.1, 0.15) is 11.5 Å². The minimum absolute atomic E-state index is 0.436. The van der Waals surface area contributed by atoms with E-state index in [9.17, 15) is 0 Å². The molecule has 1 heterocycles. The monoisotopic (exact) mass is 224 g/mol. The number of unbranched alkanes of at least 4 members (excludes halogenated alkanes) is 2. The number of ether oxygens (including phenoxy) is 1. The van der Waals surface area contributed by atoms with Crippen LogP contribution < -0.4 is 15.8 Å². The number of aryl methyl sites for hydroxylation is 1. The molecule has 0 bridgehead atoms. The zero-order valence-corrected chi connectivity index (χ0v) is 10.2. The molecule has 1 aromatic rings. The molecule has 0 saturated heterocycles. The van der Waals surface area contributed by atoms with Crippen molar-refractivity contribution in [3.05, 3.63) is 5.82 Å². The molecule has 0 aliphatic rings. The van der Waals surface area contributed by atoms with Gasteiger partial charge in [0, 0.05) is 6.54 Å². The van der Waals surface area contributed by atoms with E-state index in [1.165, 1.54) is 12.8 Å². The molecule has 0 aromatic carbocycles. The summed E-state index contributed by atoms with van der Waals surface area (Å²) >= 11 is 0. The van der Waals surface area contributed by atoms with Crippen LogP contribution in [0.1, 0.15) is 32.0 Å². The van der Waals surface area contributed by atoms with Gasteiger partial charge in [-0.1, -0.05) is 19.8 Å². The first kappa shape index (κ1) is 12.5. The highest BCUT2D eigenvalue weighted by molar-refractivity contribution is 5.66. The van der Waals surface area contributed by atoms with Gasteiger partial charge in [-0.25, -0.2) is 4.98 Å². The van der Waals surface area contributed by atoms with Crippen LogP contribution in [0.3, 0.4) is 0 Å². The van der Waals surface area contributed by atoms with Crippen molar-refractivity contribution in [2.24, 2.45) is 0 Å². The van der Waals surface area contributed by atoms with E-state index in [0.29, 0.717) is 23.2 Å². The fraction of sp³-hybridized carbons (Fsp3) is 0.636. The van der Waals surface area contributed by atoms with Crippen molar-refractivity contribution in [1.29, 1.82) is 0 Å². The quantitative estimate of drug-likeness (QED) is 0.723. The van der Waals surface area contributed by atoms with Crippen LogP contribution in [0.25, 0.3) is 0 Å². The Kier molecular flexibility index (Phi) is 4.82. The number of nitrogen functional groups attached to an aromatic ring is 1. The Morgan fingerprint density at radius 1 is 1.31 bits per heavy atom. The predicted molar refractivity (Wildman–Crippen MR) is 65.7 cm³/mol. The summed E-state index contributed by atoms with van der Waals surface area (Å²) < 4.78 is 5.08. The van der Waals surface area contributed by atoms with Crippen molar-refractivity contribution >= 4 is 11.5 Å². The van der Waals surface area contributed by atoms with Gasteiger partial charge >= 0.3 is 0 Å². The SMILES string of the molecule is CCCCCNc1nc(C)nc(OC)c1N. The highest BCUT2D eigenvalue weighted by Gasteiger charge is 2.09. The van der Waals surface area contributed by atoms with Crippen LogP contribution in [0.2, 0.25) is 0 Å². The van der Waals surface area contributed by atoms with E-state index in [0.717, 1.165) is 13.0 Å². The molecule has 5 nitrogen and oxygen atoms in total. The van der Waals surface area contributed by atoms with Crippen molar-refractivity contribution in [2.75, 3.05) is 24.7 Å². The number of anilines is 2. The second-order valence-electron chi connectivity index (χ2n) is 3.68. The average molecular weight is 224 g/mol. The van der Waals surface area contributed by atoms with Crippen molar-refractivity contribution in [3.8, 4) is 5.88 Å². The van der Waals surface area contributed by atoms with Crippen LogP contribution >= 0.6 is 0 Å². The fourth-order valence-electron chi connectivity index (χ4n) is 1.43. The second-order valence-corrected chi connectivity index (χ2v) is 3.68. The lowest BCUT2D eigenvalue weighted by Crippen LogP contribution is -2.09. The maximum atomic E-state index is 5.86. The summed E-state index contributed by atoms with van der Waals surface area (Å²) in [6.45, 7) is 4.86. The number of nitrogens with zero attached hydrogens (tertiary/aromatic N) is 2. The first-order valence-corrected chi connectivity index (χ1v) is 5.61. The summed E-state index contributed by atoms with van der Waals surface area (Å²) in [5, 5.41) is 3.21. The van der Waals surface area contributed by atoms with Crippen molar-refractivity contribution in [3.63, 3.8) is 0 Å². The predicted octanol–water partition coefficient (Wildman–Crippen LogP) is 1.98. The summed E-state index contributed by atoms with van der Waals surface area (Å²) in [7, 11) is 1.55. The minimum atomic E-state index is 0.436. The zero-order chi connectivity index (χ0) is 12.0. The Bertz CT molecular complexity index is 341. The van der Waals surface area contributed by atoms with E-state index in [1.54, 1.807) is 7.11 Å². The normalized spacial score (nSPS) is 10.2. The van der Waals surface area contributed by atoms with E-state index in [4.69, 9.17) is 10.5 Å². The molecule has 3 N–H and O–H groups in total. The van der Waals surface area contributed by atoms with Crippen molar-refractivity contribution < 1.29 is 4.74 Å².